The smallest absolute Gasteiger partial charge is 0.159 e. The maximum Gasteiger partial charge on any atom is 0.159 e. The van der Waals surface area contributed by atoms with Crippen LogP contribution in [0.5, 0.6) is 0 Å². The number of carbonyl (C=O) groups is 1. The molecule has 0 aliphatic carbocycles. The molecule has 1 nitrogen and oxygen atoms in total. The van der Waals surface area contributed by atoms with Crippen molar-refractivity contribution in [3.8, 4) is 0 Å². The zero-order chi connectivity index (χ0) is 7.28. The SMILES string of the molecule is CCCC(=O)/C(C)=C/S. The Morgan fingerprint density at radius 1 is 1.67 bits per heavy atom. The highest BCUT2D eigenvalue weighted by Crippen LogP contribution is 2.01. The average molecular weight is 144 g/mol. The zero-order valence-electron chi connectivity index (χ0n) is 5.85. The van der Waals surface area contributed by atoms with Gasteiger partial charge in [0.1, 0.15) is 0 Å². The molecule has 0 spiro atoms. The van der Waals surface area contributed by atoms with E-state index in [1.807, 2.05) is 6.92 Å². The molecular weight excluding hydrogens is 132 g/mol. The first-order valence-electron chi connectivity index (χ1n) is 3.06. The molecule has 0 heterocycles. The average Bonchev–Trinajstić information content (AvgIpc) is 1.87. The molecule has 0 aromatic carbocycles. The lowest BCUT2D eigenvalue weighted by Crippen LogP contribution is -1.96. The molecule has 0 aromatic heterocycles. The molecule has 0 atom stereocenters. The summed E-state index contributed by atoms with van der Waals surface area (Å²) in [5, 5.41) is 1.55. The third-order valence-electron chi connectivity index (χ3n) is 1.11. The first-order chi connectivity index (χ1) is 4.22. The van der Waals surface area contributed by atoms with E-state index < -0.39 is 0 Å². The minimum atomic E-state index is 0.201. The maximum atomic E-state index is 10.9. The van der Waals surface area contributed by atoms with Gasteiger partial charge < -0.3 is 0 Å². The van der Waals surface area contributed by atoms with Crippen molar-refractivity contribution < 1.29 is 4.79 Å². The van der Waals surface area contributed by atoms with Crippen LogP contribution in [0.3, 0.4) is 0 Å². The fourth-order valence-electron chi connectivity index (χ4n) is 0.496. The van der Waals surface area contributed by atoms with Crippen molar-refractivity contribution in [2.24, 2.45) is 0 Å². The van der Waals surface area contributed by atoms with Crippen molar-refractivity contribution in [2.75, 3.05) is 0 Å². The quantitative estimate of drug-likeness (QED) is 0.474. The predicted octanol–water partition coefficient (Wildman–Crippen LogP) is 2.19. The van der Waals surface area contributed by atoms with Gasteiger partial charge in [-0.05, 0) is 24.3 Å². The van der Waals surface area contributed by atoms with Gasteiger partial charge in [0, 0.05) is 6.42 Å². The highest BCUT2D eigenvalue weighted by Gasteiger charge is 1.99. The standard InChI is InChI=1S/C7H12OS/c1-3-4-7(8)6(2)5-9/h5,9H,3-4H2,1-2H3/b6-5+. The number of rotatable bonds is 3. The molecule has 0 fully saturated rings. The molecule has 0 saturated carbocycles. The zero-order valence-corrected chi connectivity index (χ0v) is 6.74. The number of ketones is 1. The summed E-state index contributed by atoms with van der Waals surface area (Å²) in [6.07, 6.45) is 1.56. The van der Waals surface area contributed by atoms with Crippen molar-refractivity contribution in [1.82, 2.24) is 0 Å². The molecule has 0 N–H and O–H groups in total. The Morgan fingerprint density at radius 2 is 2.22 bits per heavy atom. The van der Waals surface area contributed by atoms with Gasteiger partial charge in [0.25, 0.3) is 0 Å². The van der Waals surface area contributed by atoms with Gasteiger partial charge in [-0.1, -0.05) is 6.92 Å². The number of hydrogen-bond acceptors (Lipinski definition) is 2. The van der Waals surface area contributed by atoms with E-state index in [0.717, 1.165) is 12.0 Å². The van der Waals surface area contributed by atoms with Crippen molar-refractivity contribution in [3.05, 3.63) is 11.0 Å². The van der Waals surface area contributed by atoms with Gasteiger partial charge in [-0.2, -0.15) is 12.6 Å². The van der Waals surface area contributed by atoms with Crippen LogP contribution in [-0.2, 0) is 4.79 Å². The van der Waals surface area contributed by atoms with Crippen molar-refractivity contribution in [3.63, 3.8) is 0 Å². The van der Waals surface area contributed by atoms with E-state index in [9.17, 15) is 4.79 Å². The van der Waals surface area contributed by atoms with Crippen molar-refractivity contribution in [1.29, 1.82) is 0 Å². The van der Waals surface area contributed by atoms with Crippen LogP contribution in [0.1, 0.15) is 26.7 Å². The molecular formula is C7H12OS. The second-order valence-electron chi connectivity index (χ2n) is 1.99. The molecule has 0 aliphatic rings. The van der Waals surface area contributed by atoms with Gasteiger partial charge in [0.2, 0.25) is 0 Å². The summed E-state index contributed by atoms with van der Waals surface area (Å²) in [6.45, 7) is 3.77. The molecule has 52 valence electrons. The van der Waals surface area contributed by atoms with E-state index in [1.54, 1.807) is 12.3 Å². The lowest BCUT2D eigenvalue weighted by atomic mass is 10.1. The summed E-state index contributed by atoms with van der Waals surface area (Å²) in [5.74, 6) is 0.201. The Morgan fingerprint density at radius 3 is 2.56 bits per heavy atom. The lowest BCUT2D eigenvalue weighted by molar-refractivity contribution is -0.115. The van der Waals surface area contributed by atoms with Crippen LogP contribution in [0.25, 0.3) is 0 Å². The van der Waals surface area contributed by atoms with Gasteiger partial charge in [-0.15, -0.1) is 0 Å². The molecule has 0 radical (unpaired) electrons. The molecule has 0 aromatic rings. The van der Waals surface area contributed by atoms with E-state index in [1.165, 1.54) is 0 Å². The number of allylic oxidation sites excluding steroid dienone is 1. The first kappa shape index (κ1) is 8.76. The normalized spacial score (nSPS) is 11.7. The first-order valence-corrected chi connectivity index (χ1v) is 3.58. The Bertz CT molecular complexity index is 127. The minimum absolute atomic E-state index is 0.201. The predicted molar refractivity (Wildman–Crippen MR) is 42.7 cm³/mol. The molecule has 0 rings (SSSR count). The van der Waals surface area contributed by atoms with E-state index in [4.69, 9.17) is 0 Å². The van der Waals surface area contributed by atoms with Crippen LogP contribution >= 0.6 is 12.6 Å². The lowest BCUT2D eigenvalue weighted by Gasteiger charge is -1.94. The molecule has 0 bridgehead atoms. The topological polar surface area (TPSA) is 17.1 Å². The number of carbonyl (C=O) groups excluding carboxylic acids is 1. The minimum Gasteiger partial charge on any atom is -0.295 e. The summed E-state index contributed by atoms with van der Waals surface area (Å²) in [7, 11) is 0. The molecule has 0 aliphatic heterocycles. The Hall–Kier alpha value is -0.240. The second kappa shape index (κ2) is 4.62. The van der Waals surface area contributed by atoms with E-state index in [2.05, 4.69) is 12.6 Å². The summed E-state index contributed by atoms with van der Waals surface area (Å²) < 4.78 is 0. The maximum absolute atomic E-state index is 10.9. The van der Waals surface area contributed by atoms with Crippen LogP contribution in [0.15, 0.2) is 11.0 Å². The van der Waals surface area contributed by atoms with Crippen LogP contribution < -0.4 is 0 Å². The van der Waals surface area contributed by atoms with Crippen LogP contribution in [0, 0.1) is 0 Å². The molecule has 0 unspecified atom stereocenters. The van der Waals surface area contributed by atoms with Gasteiger partial charge in [0.15, 0.2) is 5.78 Å². The summed E-state index contributed by atoms with van der Waals surface area (Å²) >= 11 is 3.86. The number of Topliss-reactive ketones (excluding diaryl/α,β-unsaturated/α-hetero) is 1. The van der Waals surface area contributed by atoms with E-state index >= 15 is 0 Å². The fourth-order valence-corrected chi connectivity index (χ4v) is 0.640. The Balaban J connectivity index is 3.74. The van der Waals surface area contributed by atoms with E-state index in [0.29, 0.717) is 6.42 Å². The molecule has 0 saturated heterocycles. The molecule has 9 heavy (non-hydrogen) atoms. The molecule has 0 amide bonds. The summed E-state index contributed by atoms with van der Waals surface area (Å²) in [6, 6.07) is 0. The monoisotopic (exact) mass is 144 g/mol. The Labute approximate surface area is 61.6 Å². The number of hydrogen-bond donors (Lipinski definition) is 1. The van der Waals surface area contributed by atoms with Gasteiger partial charge in [0.05, 0.1) is 0 Å². The summed E-state index contributed by atoms with van der Waals surface area (Å²) in [5.41, 5.74) is 0.750. The third-order valence-corrected chi connectivity index (χ3v) is 1.50. The largest absolute Gasteiger partial charge is 0.295 e. The van der Waals surface area contributed by atoms with Crippen molar-refractivity contribution in [2.45, 2.75) is 26.7 Å². The van der Waals surface area contributed by atoms with E-state index in [-0.39, 0.29) is 5.78 Å². The van der Waals surface area contributed by atoms with Crippen LogP contribution in [0.2, 0.25) is 0 Å². The third kappa shape index (κ3) is 3.36. The Kier molecular flexibility index (Phi) is 4.50. The van der Waals surface area contributed by atoms with Gasteiger partial charge in [-0.25, -0.2) is 0 Å². The summed E-state index contributed by atoms with van der Waals surface area (Å²) in [4.78, 5) is 10.9. The van der Waals surface area contributed by atoms with Gasteiger partial charge in [-0.3, -0.25) is 4.79 Å². The molecule has 2 heteroatoms. The van der Waals surface area contributed by atoms with Crippen LogP contribution in [0.4, 0.5) is 0 Å². The fraction of sp³-hybridized carbons (Fsp3) is 0.571. The van der Waals surface area contributed by atoms with Crippen LogP contribution in [-0.4, -0.2) is 5.78 Å². The highest BCUT2D eigenvalue weighted by molar-refractivity contribution is 7.83. The highest BCUT2D eigenvalue weighted by atomic mass is 32.1. The number of thiol groups is 1. The second-order valence-corrected chi connectivity index (χ2v) is 2.24. The van der Waals surface area contributed by atoms with Crippen molar-refractivity contribution >= 4 is 18.4 Å². The van der Waals surface area contributed by atoms with Gasteiger partial charge >= 0.3 is 0 Å².